The van der Waals surface area contributed by atoms with E-state index in [0.29, 0.717) is 21.9 Å². The van der Waals surface area contributed by atoms with Gasteiger partial charge in [-0.2, -0.15) is 0 Å². The molecule has 1 aromatic heterocycles. The second-order valence-electron chi connectivity index (χ2n) is 6.49. The molecule has 2 N–H and O–H groups in total. The van der Waals surface area contributed by atoms with Crippen LogP contribution < -0.4 is 15.0 Å². The number of ether oxygens (including phenoxy) is 1. The molecule has 2 aromatic rings. The zero-order valence-corrected chi connectivity index (χ0v) is 18.3. The van der Waals surface area contributed by atoms with E-state index in [9.17, 15) is 13.2 Å². The van der Waals surface area contributed by atoms with Crippen molar-refractivity contribution in [2.75, 3.05) is 6.61 Å². The molecule has 0 saturated heterocycles. The fraction of sp³-hybridized carbons (Fsp3) is 0.389. The molecule has 1 aromatic carbocycles. The number of thiophene rings is 1. The highest BCUT2D eigenvalue weighted by molar-refractivity contribution is 9.10. The monoisotopic (exact) mass is 472 g/mol. The molecule has 1 atom stereocenters. The summed E-state index contributed by atoms with van der Waals surface area (Å²) in [6.45, 7) is 4.30. The third-order valence-electron chi connectivity index (χ3n) is 4.35. The van der Waals surface area contributed by atoms with Crippen LogP contribution in [0, 0.1) is 5.92 Å². The summed E-state index contributed by atoms with van der Waals surface area (Å²) in [5.41, 5.74) is 3.50. The van der Waals surface area contributed by atoms with Crippen molar-refractivity contribution in [1.82, 2.24) is 10.3 Å². The van der Waals surface area contributed by atoms with E-state index in [-0.39, 0.29) is 10.6 Å². The Labute approximate surface area is 171 Å². The molecule has 146 valence electrons. The highest BCUT2D eigenvalue weighted by atomic mass is 79.9. The fourth-order valence-corrected chi connectivity index (χ4v) is 5.64. The molecular formula is C18H21BrN2O4S2. The number of halogens is 1. The van der Waals surface area contributed by atoms with Crippen molar-refractivity contribution in [1.29, 1.82) is 0 Å². The van der Waals surface area contributed by atoms with E-state index < -0.39 is 15.9 Å². The van der Waals surface area contributed by atoms with Gasteiger partial charge in [0.05, 0.1) is 11.5 Å². The van der Waals surface area contributed by atoms with Crippen LogP contribution in [0.2, 0.25) is 0 Å². The van der Waals surface area contributed by atoms with Gasteiger partial charge in [-0.05, 0) is 61.9 Å². The average Bonchev–Trinajstić information content (AvgIpc) is 3.04. The first kappa shape index (κ1) is 20.3. The molecule has 1 aliphatic rings. The first-order valence-corrected chi connectivity index (χ1v) is 11.8. The summed E-state index contributed by atoms with van der Waals surface area (Å²) >= 11 is 4.69. The molecule has 3 rings (SSSR count). The summed E-state index contributed by atoms with van der Waals surface area (Å²) in [7, 11) is -3.98. The molecule has 6 nitrogen and oxygen atoms in total. The summed E-state index contributed by atoms with van der Waals surface area (Å²) in [6.07, 6.45) is 3.04. The summed E-state index contributed by atoms with van der Waals surface area (Å²) in [5.74, 6) is 0.372. The van der Waals surface area contributed by atoms with Gasteiger partial charge in [0.15, 0.2) is 0 Å². The summed E-state index contributed by atoms with van der Waals surface area (Å²) < 4.78 is 31.2. The molecule has 27 heavy (non-hydrogen) atoms. The number of hydrogen-bond acceptors (Lipinski definition) is 5. The number of hydrazine groups is 1. The lowest BCUT2D eigenvalue weighted by molar-refractivity contribution is 0.0949. The summed E-state index contributed by atoms with van der Waals surface area (Å²) in [6, 6.07) is 6.56. The minimum absolute atomic E-state index is 0.0432. The first-order valence-electron chi connectivity index (χ1n) is 8.66. The van der Waals surface area contributed by atoms with E-state index in [0.717, 1.165) is 19.3 Å². The van der Waals surface area contributed by atoms with Crippen LogP contribution in [0.4, 0.5) is 0 Å². The second-order valence-corrected chi connectivity index (χ2v) is 10.2. The number of fused-ring (bicyclic) bond motifs is 1. The third kappa shape index (κ3) is 4.71. The molecule has 1 amide bonds. The Balaban J connectivity index is 1.74. The lowest BCUT2D eigenvalue weighted by atomic mass is 9.90. The fourth-order valence-electron chi connectivity index (χ4n) is 3.01. The van der Waals surface area contributed by atoms with Gasteiger partial charge in [-0.15, -0.1) is 16.2 Å². The van der Waals surface area contributed by atoms with Gasteiger partial charge in [0.1, 0.15) is 10.6 Å². The van der Waals surface area contributed by atoms with E-state index in [4.69, 9.17) is 4.74 Å². The van der Waals surface area contributed by atoms with E-state index in [2.05, 4.69) is 33.1 Å². The standard InChI is InChI=1S/C18H21BrN2O4S2/c1-3-25-14-6-5-13(19)10-17(14)27(23,24)21-20-18(22)16-9-12-8-11(2)4-7-15(12)26-16/h5-6,9-11,21H,3-4,7-8H2,1-2H3,(H,20,22). The van der Waals surface area contributed by atoms with E-state index in [1.54, 1.807) is 19.1 Å². The zero-order valence-electron chi connectivity index (χ0n) is 15.0. The zero-order chi connectivity index (χ0) is 19.6. The molecule has 1 aliphatic carbocycles. The predicted molar refractivity (Wildman–Crippen MR) is 109 cm³/mol. The molecule has 1 heterocycles. The number of rotatable bonds is 6. The lowest BCUT2D eigenvalue weighted by Crippen LogP contribution is -2.41. The molecule has 0 fully saturated rings. The number of nitrogens with one attached hydrogen (secondary N) is 2. The molecular weight excluding hydrogens is 452 g/mol. The number of aryl methyl sites for hydroxylation is 1. The van der Waals surface area contributed by atoms with Crippen molar-refractivity contribution in [2.24, 2.45) is 5.92 Å². The smallest absolute Gasteiger partial charge is 0.276 e. The van der Waals surface area contributed by atoms with Crippen LogP contribution in [-0.4, -0.2) is 20.9 Å². The van der Waals surface area contributed by atoms with Crippen molar-refractivity contribution >= 4 is 43.2 Å². The normalized spacial score (nSPS) is 16.6. The molecule has 0 saturated carbocycles. The van der Waals surface area contributed by atoms with Gasteiger partial charge in [0, 0.05) is 9.35 Å². The SMILES string of the molecule is CCOc1ccc(Br)cc1S(=O)(=O)NNC(=O)c1cc2c(s1)CCC(C)C2. The number of hydrogen-bond donors (Lipinski definition) is 2. The second kappa shape index (κ2) is 8.30. The van der Waals surface area contributed by atoms with Crippen LogP contribution in [0.1, 0.15) is 40.4 Å². The van der Waals surface area contributed by atoms with Gasteiger partial charge in [0.2, 0.25) is 0 Å². The van der Waals surface area contributed by atoms with Gasteiger partial charge < -0.3 is 4.74 Å². The van der Waals surface area contributed by atoms with Crippen molar-refractivity contribution in [3.8, 4) is 5.75 Å². The summed E-state index contributed by atoms with van der Waals surface area (Å²) in [5, 5.41) is 0. The molecule has 0 bridgehead atoms. The van der Waals surface area contributed by atoms with Crippen molar-refractivity contribution in [3.63, 3.8) is 0 Å². The van der Waals surface area contributed by atoms with Gasteiger partial charge in [-0.25, -0.2) is 8.42 Å². The van der Waals surface area contributed by atoms with E-state index >= 15 is 0 Å². The summed E-state index contributed by atoms with van der Waals surface area (Å²) in [4.78, 5) is 16.3. The Morgan fingerprint density at radius 3 is 2.89 bits per heavy atom. The van der Waals surface area contributed by atoms with Crippen molar-refractivity contribution < 1.29 is 17.9 Å². The van der Waals surface area contributed by atoms with Crippen LogP contribution in [0.15, 0.2) is 33.6 Å². The minimum atomic E-state index is -3.98. The maximum absolute atomic E-state index is 12.6. The number of carbonyl (C=O) groups is 1. The Hall–Kier alpha value is -1.42. The topological polar surface area (TPSA) is 84.5 Å². The molecule has 0 radical (unpaired) electrons. The minimum Gasteiger partial charge on any atom is -0.492 e. The maximum Gasteiger partial charge on any atom is 0.276 e. The molecule has 0 aliphatic heterocycles. The number of amides is 1. The van der Waals surface area contributed by atoms with Crippen molar-refractivity contribution in [2.45, 2.75) is 38.0 Å². The highest BCUT2D eigenvalue weighted by Crippen LogP contribution is 2.32. The van der Waals surface area contributed by atoms with Crippen LogP contribution in [0.3, 0.4) is 0 Å². The maximum atomic E-state index is 12.6. The Morgan fingerprint density at radius 2 is 2.15 bits per heavy atom. The van der Waals surface area contributed by atoms with Gasteiger partial charge in [-0.1, -0.05) is 22.9 Å². The van der Waals surface area contributed by atoms with Crippen LogP contribution in [0.25, 0.3) is 0 Å². The molecule has 9 heteroatoms. The van der Waals surface area contributed by atoms with Gasteiger partial charge >= 0.3 is 0 Å². The molecule has 0 spiro atoms. The number of benzene rings is 1. The number of sulfonamides is 1. The molecule has 1 unspecified atom stereocenters. The van der Waals surface area contributed by atoms with Crippen LogP contribution in [-0.2, 0) is 22.9 Å². The average molecular weight is 473 g/mol. The Morgan fingerprint density at radius 1 is 1.37 bits per heavy atom. The van der Waals surface area contributed by atoms with Crippen molar-refractivity contribution in [3.05, 3.63) is 44.1 Å². The third-order valence-corrected chi connectivity index (χ3v) is 7.35. The number of carbonyl (C=O) groups excluding carboxylic acids is 1. The quantitative estimate of drug-likeness (QED) is 0.628. The largest absolute Gasteiger partial charge is 0.492 e. The van der Waals surface area contributed by atoms with Crippen LogP contribution >= 0.6 is 27.3 Å². The predicted octanol–water partition coefficient (Wildman–Crippen LogP) is 3.66. The van der Waals surface area contributed by atoms with Gasteiger partial charge in [-0.3, -0.25) is 10.2 Å². The van der Waals surface area contributed by atoms with E-state index in [1.165, 1.54) is 27.8 Å². The van der Waals surface area contributed by atoms with E-state index in [1.807, 2.05) is 6.07 Å². The lowest BCUT2D eigenvalue weighted by Gasteiger charge is -2.16. The Bertz CT molecular complexity index is 956. The Kier molecular flexibility index (Phi) is 6.25. The highest BCUT2D eigenvalue weighted by Gasteiger charge is 2.24. The first-order chi connectivity index (χ1) is 12.8. The van der Waals surface area contributed by atoms with Crippen LogP contribution in [0.5, 0.6) is 5.75 Å². The van der Waals surface area contributed by atoms with Gasteiger partial charge in [0.25, 0.3) is 15.9 Å².